The maximum atomic E-state index is 13.7. The zero-order chi connectivity index (χ0) is 22.2. The molecule has 0 saturated carbocycles. The van der Waals surface area contributed by atoms with E-state index in [2.05, 4.69) is 9.82 Å². The number of carbonyl (C=O) groups is 1. The van der Waals surface area contributed by atoms with Gasteiger partial charge in [-0.05, 0) is 46.8 Å². The Balaban J connectivity index is 1.68. The van der Waals surface area contributed by atoms with Crippen LogP contribution >= 0.6 is 22.9 Å². The van der Waals surface area contributed by atoms with Crippen LogP contribution in [0.1, 0.15) is 33.3 Å². The molecule has 2 heterocycles. The van der Waals surface area contributed by atoms with Gasteiger partial charge in [-0.1, -0.05) is 35.9 Å². The van der Waals surface area contributed by atoms with Gasteiger partial charge >= 0.3 is 0 Å². The fourth-order valence-corrected chi connectivity index (χ4v) is 4.72. The second kappa shape index (κ2) is 8.41. The van der Waals surface area contributed by atoms with Crippen molar-refractivity contribution in [2.24, 2.45) is 5.10 Å². The summed E-state index contributed by atoms with van der Waals surface area (Å²) in [6, 6.07) is 14.2. The van der Waals surface area contributed by atoms with Crippen molar-refractivity contribution >= 4 is 50.3 Å². The van der Waals surface area contributed by atoms with Crippen LogP contribution in [0.5, 0.6) is 0 Å². The van der Waals surface area contributed by atoms with Crippen molar-refractivity contribution in [2.75, 3.05) is 11.0 Å². The van der Waals surface area contributed by atoms with Crippen molar-refractivity contribution < 1.29 is 17.6 Å². The molecule has 4 rings (SSSR count). The Kier molecular flexibility index (Phi) is 5.83. The predicted octanol–water partition coefficient (Wildman–Crippen LogP) is 4.90. The molecule has 1 N–H and O–H groups in total. The first-order valence-corrected chi connectivity index (χ1v) is 12.3. The fourth-order valence-electron chi connectivity index (χ4n) is 3.31. The van der Waals surface area contributed by atoms with Crippen LogP contribution in [0.2, 0.25) is 5.02 Å². The number of anilines is 1. The Morgan fingerprint density at radius 3 is 2.58 bits per heavy atom. The van der Waals surface area contributed by atoms with E-state index in [0.29, 0.717) is 28.3 Å². The Morgan fingerprint density at radius 2 is 1.97 bits per heavy atom. The van der Waals surface area contributed by atoms with Crippen molar-refractivity contribution in [3.63, 3.8) is 0 Å². The molecule has 1 atom stereocenters. The number of thiophene rings is 1. The largest absolute Gasteiger partial charge is 0.284 e. The summed E-state index contributed by atoms with van der Waals surface area (Å²) in [4.78, 5) is 13.6. The highest BCUT2D eigenvalue weighted by atomic mass is 35.5. The summed E-state index contributed by atoms with van der Waals surface area (Å²) >= 11 is 7.29. The summed E-state index contributed by atoms with van der Waals surface area (Å²) in [5, 5.41) is 7.74. The van der Waals surface area contributed by atoms with Gasteiger partial charge < -0.3 is 0 Å². The number of nitrogens with one attached hydrogen (secondary N) is 1. The highest BCUT2D eigenvalue weighted by molar-refractivity contribution is 7.92. The molecule has 0 spiro atoms. The molecule has 0 radical (unpaired) electrons. The van der Waals surface area contributed by atoms with Crippen LogP contribution in [-0.2, 0) is 10.0 Å². The number of sulfonamides is 1. The SMILES string of the molecule is CS(=O)(=O)Nc1ccc(C2=NN(C(=O)c3cccs3)C(c3ccc(F)c(Cl)c3)C2)cc1. The summed E-state index contributed by atoms with van der Waals surface area (Å²) in [7, 11) is -3.38. The third-order valence-corrected chi connectivity index (χ3v) is 6.45. The number of halogens is 2. The summed E-state index contributed by atoms with van der Waals surface area (Å²) in [6.45, 7) is 0. The van der Waals surface area contributed by atoms with E-state index in [0.717, 1.165) is 11.8 Å². The smallest absolute Gasteiger partial charge is 0.284 e. The number of amides is 1. The minimum absolute atomic E-state index is 0.0225. The van der Waals surface area contributed by atoms with Gasteiger partial charge in [0.15, 0.2) is 0 Å². The Morgan fingerprint density at radius 1 is 1.23 bits per heavy atom. The van der Waals surface area contributed by atoms with E-state index >= 15 is 0 Å². The van der Waals surface area contributed by atoms with Crippen LogP contribution in [0.3, 0.4) is 0 Å². The zero-order valence-electron chi connectivity index (χ0n) is 16.2. The molecule has 1 aliphatic rings. The first-order valence-electron chi connectivity index (χ1n) is 9.19. The second-order valence-corrected chi connectivity index (χ2v) is 10.1. The molecule has 0 fully saturated rings. The molecule has 1 amide bonds. The minimum Gasteiger partial charge on any atom is -0.284 e. The van der Waals surface area contributed by atoms with Crippen LogP contribution in [0, 0.1) is 5.82 Å². The van der Waals surface area contributed by atoms with Gasteiger partial charge in [0.25, 0.3) is 5.91 Å². The predicted molar refractivity (Wildman–Crippen MR) is 121 cm³/mol. The molecule has 31 heavy (non-hydrogen) atoms. The number of carbonyl (C=O) groups excluding carboxylic acids is 1. The average Bonchev–Trinajstić information content (AvgIpc) is 3.39. The van der Waals surface area contributed by atoms with Crippen LogP contribution < -0.4 is 4.72 Å². The summed E-state index contributed by atoms with van der Waals surface area (Å²) in [5.74, 6) is -0.791. The Labute approximate surface area is 188 Å². The molecule has 3 aromatic rings. The number of nitrogens with zero attached hydrogens (tertiary/aromatic N) is 2. The van der Waals surface area contributed by atoms with Gasteiger partial charge in [0.1, 0.15) is 5.82 Å². The molecule has 1 aliphatic heterocycles. The lowest BCUT2D eigenvalue weighted by atomic mass is 9.98. The summed E-state index contributed by atoms with van der Waals surface area (Å²) < 4.78 is 38.9. The van der Waals surface area contributed by atoms with Crippen LogP contribution in [0.4, 0.5) is 10.1 Å². The van der Waals surface area contributed by atoms with Crippen LogP contribution in [0.25, 0.3) is 0 Å². The summed E-state index contributed by atoms with van der Waals surface area (Å²) in [5.41, 5.74) is 2.50. The number of hydrogen-bond acceptors (Lipinski definition) is 5. The number of rotatable bonds is 5. The first-order chi connectivity index (χ1) is 14.7. The third-order valence-electron chi connectivity index (χ3n) is 4.70. The van der Waals surface area contributed by atoms with Crippen molar-refractivity contribution in [3.8, 4) is 0 Å². The molecule has 0 bridgehead atoms. The van der Waals surface area contributed by atoms with Gasteiger partial charge in [0.2, 0.25) is 10.0 Å². The molecule has 0 saturated heterocycles. The van der Waals surface area contributed by atoms with Crippen molar-refractivity contribution in [1.29, 1.82) is 0 Å². The van der Waals surface area contributed by atoms with E-state index in [4.69, 9.17) is 11.6 Å². The van der Waals surface area contributed by atoms with E-state index in [9.17, 15) is 17.6 Å². The molecule has 1 aromatic heterocycles. The third kappa shape index (κ3) is 4.79. The van der Waals surface area contributed by atoms with E-state index in [-0.39, 0.29) is 10.9 Å². The van der Waals surface area contributed by atoms with Gasteiger partial charge in [-0.15, -0.1) is 11.3 Å². The molecule has 0 aliphatic carbocycles. The number of hydrogen-bond donors (Lipinski definition) is 1. The molecular weight excluding hydrogens is 461 g/mol. The van der Waals surface area contributed by atoms with Gasteiger partial charge in [-0.25, -0.2) is 17.8 Å². The first kappa shape index (κ1) is 21.5. The topological polar surface area (TPSA) is 78.8 Å². The highest BCUT2D eigenvalue weighted by Gasteiger charge is 2.34. The zero-order valence-corrected chi connectivity index (χ0v) is 18.6. The Hall–Kier alpha value is -2.75. The second-order valence-electron chi connectivity index (χ2n) is 7.02. The maximum Gasteiger partial charge on any atom is 0.284 e. The van der Waals surface area contributed by atoms with E-state index in [1.165, 1.54) is 28.5 Å². The molecular formula is C21H17ClFN3O3S2. The number of hydrazone groups is 1. The van der Waals surface area contributed by atoms with Crippen molar-refractivity contribution in [3.05, 3.63) is 86.8 Å². The molecule has 160 valence electrons. The van der Waals surface area contributed by atoms with E-state index < -0.39 is 21.9 Å². The van der Waals surface area contributed by atoms with Crippen molar-refractivity contribution in [2.45, 2.75) is 12.5 Å². The van der Waals surface area contributed by atoms with E-state index in [1.807, 2.05) is 5.38 Å². The molecule has 6 nitrogen and oxygen atoms in total. The Bertz CT molecular complexity index is 1260. The van der Waals surface area contributed by atoms with Gasteiger partial charge in [0.05, 0.1) is 27.9 Å². The quantitative estimate of drug-likeness (QED) is 0.567. The molecule has 2 aromatic carbocycles. The number of benzene rings is 2. The van der Waals surface area contributed by atoms with Crippen LogP contribution in [0.15, 0.2) is 65.1 Å². The normalized spacial score (nSPS) is 16.3. The fraction of sp³-hybridized carbons (Fsp3) is 0.143. The standard InChI is InChI=1S/C21H17ClFN3O3S2/c1-31(28,29)25-15-7-4-13(5-8-15)18-12-19(14-6-9-17(23)16(22)11-14)26(24-18)21(27)20-3-2-10-30-20/h2-11,19,25H,12H2,1H3. The lowest BCUT2D eigenvalue weighted by Crippen LogP contribution is -2.26. The highest BCUT2D eigenvalue weighted by Crippen LogP contribution is 2.36. The summed E-state index contributed by atoms with van der Waals surface area (Å²) in [6.07, 6.45) is 1.48. The minimum atomic E-state index is -3.38. The average molecular weight is 478 g/mol. The van der Waals surface area contributed by atoms with Crippen molar-refractivity contribution in [1.82, 2.24) is 5.01 Å². The van der Waals surface area contributed by atoms with Gasteiger partial charge in [-0.3, -0.25) is 9.52 Å². The van der Waals surface area contributed by atoms with Gasteiger partial charge in [0, 0.05) is 12.1 Å². The van der Waals surface area contributed by atoms with Crippen LogP contribution in [-0.4, -0.2) is 31.3 Å². The lowest BCUT2D eigenvalue weighted by molar-refractivity contribution is 0.0716. The lowest BCUT2D eigenvalue weighted by Gasteiger charge is -2.21. The van der Waals surface area contributed by atoms with E-state index in [1.54, 1.807) is 42.5 Å². The molecule has 1 unspecified atom stereocenters. The maximum absolute atomic E-state index is 13.7. The molecule has 10 heteroatoms. The van der Waals surface area contributed by atoms with Gasteiger partial charge in [-0.2, -0.15) is 5.10 Å². The monoisotopic (exact) mass is 477 g/mol.